The molecule has 1 aromatic carbocycles. The Kier molecular flexibility index (Phi) is 6.17. The molecule has 0 spiro atoms. The van der Waals surface area contributed by atoms with E-state index in [2.05, 4.69) is 15.4 Å². The maximum atomic E-state index is 13.6. The van der Waals surface area contributed by atoms with E-state index in [1.807, 2.05) is 0 Å². The number of thiophene rings is 1. The molecule has 0 aliphatic rings. The number of carbonyl (C=O) groups excluding carboxylic acids is 2. The summed E-state index contributed by atoms with van der Waals surface area (Å²) in [7, 11) is 0. The van der Waals surface area contributed by atoms with Crippen LogP contribution in [-0.2, 0) is 11.0 Å². The number of anilines is 1. The molecule has 10 nitrogen and oxygen atoms in total. The molecule has 4 rings (SSSR count). The van der Waals surface area contributed by atoms with Gasteiger partial charge in [-0.1, -0.05) is 12.1 Å². The number of alkyl halides is 3. The van der Waals surface area contributed by atoms with E-state index in [-0.39, 0.29) is 37.6 Å². The Morgan fingerprint density at radius 3 is 2.47 bits per heavy atom. The Morgan fingerprint density at radius 2 is 1.92 bits per heavy atom. The Bertz CT molecular complexity index is 1510. The molecule has 3 N–H and O–H groups in total. The van der Waals surface area contributed by atoms with Crippen LogP contribution in [0.4, 0.5) is 28.9 Å². The molecule has 36 heavy (non-hydrogen) atoms. The summed E-state index contributed by atoms with van der Waals surface area (Å²) in [4.78, 5) is 38.5. The predicted octanol–water partition coefficient (Wildman–Crippen LogP) is 4.52. The molecule has 1 unspecified atom stereocenters. The van der Waals surface area contributed by atoms with Crippen molar-refractivity contribution >= 4 is 44.7 Å². The molecule has 15 heteroatoms. The first-order valence-corrected chi connectivity index (χ1v) is 10.8. The van der Waals surface area contributed by atoms with Gasteiger partial charge in [0.1, 0.15) is 39.7 Å². The van der Waals surface area contributed by atoms with Crippen molar-refractivity contribution in [2.75, 3.05) is 5.32 Å². The van der Waals surface area contributed by atoms with E-state index >= 15 is 0 Å². The lowest BCUT2D eigenvalue weighted by Crippen LogP contribution is -2.25. The largest absolute Gasteiger partial charge is 0.433 e. The average molecular weight is 522 g/mol. The molecule has 0 bridgehead atoms. The Hall–Kier alpha value is -4.40. The number of rotatable bonds is 6. The zero-order valence-corrected chi connectivity index (χ0v) is 18.9. The van der Waals surface area contributed by atoms with E-state index in [4.69, 9.17) is 5.73 Å². The van der Waals surface area contributed by atoms with Crippen molar-refractivity contribution in [1.82, 2.24) is 14.8 Å². The van der Waals surface area contributed by atoms with Crippen LogP contribution in [0.2, 0.25) is 0 Å². The highest BCUT2D eigenvalue weighted by atomic mass is 32.1. The third-order valence-electron chi connectivity index (χ3n) is 5.15. The number of halogens is 4. The van der Waals surface area contributed by atoms with Crippen molar-refractivity contribution in [3.63, 3.8) is 0 Å². The lowest BCUT2D eigenvalue weighted by molar-refractivity contribution is -0.385. The normalized spacial score (nSPS) is 12.5. The number of carbonyl (C=O) groups is 2. The van der Waals surface area contributed by atoms with Gasteiger partial charge in [0.05, 0.1) is 10.6 Å². The van der Waals surface area contributed by atoms with Crippen LogP contribution >= 0.6 is 11.3 Å². The third-order valence-corrected chi connectivity index (χ3v) is 6.25. The highest BCUT2D eigenvalue weighted by Crippen LogP contribution is 2.43. The monoisotopic (exact) mass is 522 g/mol. The lowest BCUT2D eigenvalue weighted by Gasteiger charge is -2.15. The summed E-state index contributed by atoms with van der Waals surface area (Å²) >= 11 is 0.546. The Balaban J connectivity index is 1.88. The van der Waals surface area contributed by atoms with Gasteiger partial charge in [0.25, 0.3) is 5.91 Å². The van der Waals surface area contributed by atoms with Crippen LogP contribution in [0.25, 0.3) is 21.3 Å². The molecule has 186 valence electrons. The van der Waals surface area contributed by atoms with Gasteiger partial charge >= 0.3 is 11.9 Å². The van der Waals surface area contributed by atoms with Crippen molar-refractivity contribution in [3.05, 3.63) is 69.2 Å². The molecule has 0 saturated heterocycles. The van der Waals surface area contributed by atoms with Crippen LogP contribution in [0, 0.1) is 15.9 Å². The molecule has 4 aromatic rings. The van der Waals surface area contributed by atoms with Gasteiger partial charge in [-0.2, -0.15) is 18.3 Å². The van der Waals surface area contributed by atoms with Crippen LogP contribution in [0.15, 0.2) is 42.7 Å². The average Bonchev–Trinajstić information content (AvgIpc) is 3.44. The summed E-state index contributed by atoms with van der Waals surface area (Å²) in [6, 6.07) is 4.17. The number of hydrogen-bond acceptors (Lipinski definition) is 7. The molecule has 0 radical (unpaired) electrons. The number of nitrogens with zero attached hydrogens (tertiary/aromatic N) is 4. The van der Waals surface area contributed by atoms with E-state index < -0.39 is 40.5 Å². The van der Waals surface area contributed by atoms with Gasteiger partial charge in [0.2, 0.25) is 5.91 Å². The second-order valence-corrected chi connectivity index (χ2v) is 8.51. The number of aromatic nitrogens is 3. The molecular weight excluding hydrogens is 508 g/mol. The van der Waals surface area contributed by atoms with E-state index in [1.165, 1.54) is 19.1 Å². The van der Waals surface area contributed by atoms with Crippen molar-refractivity contribution in [2.45, 2.75) is 19.1 Å². The van der Waals surface area contributed by atoms with Gasteiger partial charge in [0.15, 0.2) is 0 Å². The summed E-state index contributed by atoms with van der Waals surface area (Å²) in [6.07, 6.45) is -2.88. The van der Waals surface area contributed by atoms with E-state index in [0.717, 1.165) is 35.3 Å². The molecule has 0 fully saturated rings. The summed E-state index contributed by atoms with van der Waals surface area (Å²) in [5.74, 6) is -2.45. The Labute approximate surface area is 202 Å². The fraction of sp³-hybridized carbons (Fsp3) is 0.143. The zero-order valence-electron chi connectivity index (χ0n) is 18.0. The number of fused-ring (bicyclic) bond motifs is 1. The van der Waals surface area contributed by atoms with Gasteiger partial charge < -0.3 is 11.1 Å². The maximum Gasteiger partial charge on any atom is 0.433 e. The first-order valence-electron chi connectivity index (χ1n) is 9.96. The maximum absolute atomic E-state index is 13.6. The van der Waals surface area contributed by atoms with Gasteiger partial charge in [-0.05, 0) is 36.2 Å². The first-order chi connectivity index (χ1) is 16.9. The van der Waals surface area contributed by atoms with Crippen LogP contribution in [-0.4, -0.2) is 31.5 Å². The van der Waals surface area contributed by atoms with Crippen LogP contribution in [0.5, 0.6) is 0 Å². The van der Waals surface area contributed by atoms with Crippen molar-refractivity contribution in [2.24, 2.45) is 5.73 Å². The van der Waals surface area contributed by atoms with Gasteiger partial charge in [-0.25, -0.2) is 9.37 Å². The highest BCUT2D eigenvalue weighted by molar-refractivity contribution is 7.21. The SMILES string of the molecule is CC(C(=O)Nc1c(C(N)=O)sc2nc(C(F)(F)F)cc(-c3ccc(F)cc3)c12)n1cc([N+](=O)[O-])cn1. The van der Waals surface area contributed by atoms with Crippen LogP contribution in [0.1, 0.15) is 28.3 Å². The van der Waals surface area contributed by atoms with Crippen molar-refractivity contribution in [3.8, 4) is 11.1 Å². The van der Waals surface area contributed by atoms with Gasteiger partial charge in [0, 0.05) is 5.39 Å². The number of primary amides is 1. The second kappa shape index (κ2) is 8.99. The fourth-order valence-corrected chi connectivity index (χ4v) is 4.38. The molecule has 3 aromatic heterocycles. The standard InChI is InChI=1S/C21H14F4N6O4S/c1-9(30-8-12(7-27-30)31(34)35)19(33)29-16-15-13(10-2-4-11(22)5-3-10)6-14(21(23,24)25)28-20(15)36-17(16)18(26)32/h2-9H,1H3,(H2,26,32)(H,29,33). The Morgan fingerprint density at radius 1 is 1.25 bits per heavy atom. The summed E-state index contributed by atoms with van der Waals surface area (Å²) in [5, 5.41) is 17.1. The minimum Gasteiger partial charge on any atom is -0.365 e. The summed E-state index contributed by atoms with van der Waals surface area (Å²) in [5.41, 5.74) is 3.70. The zero-order chi connectivity index (χ0) is 26.4. The number of nitro groups is 1. The number of amides is 2. The number of hydrogen-bond donors (Lipinski definition) is 2. The van der Waals surface area contributed by atoms with Crippen molar-refractivity contribution < 1.29 is 32.1 Å². The van der Waals surface area contributed by atoms with E-state index in [0.29, 0.717) is 11.3 Å². The smallest absolute Gasteiger partial charge is 0.365 e. The minimum absolute atomic E-state index is 0.0135. The summed E-state index contributed by atoms with van der Waals surface area (Å²) < 4.78 is 55.2. The van der Waals surface area contributed by atoms with E-state index in [9.17, 15) is 37.3 Å². The quantitative estimate of drug-likeness (QED) is 0.216. The number of nitrogens with two attached hydrogens (primary N) is 1. The lowest BCUT2D eigenvalue weighted by atomic mass is 10.0. The molecule has 0 saturated carbocycles. The predicted molar refractivity (Wildman–Crippen MR) is 121 cm³/mol. The van der Waals surface area contributed by atoms with Gasteiger partial charge in [-0.15, -0.1) is 11.3 Å². The van der Waals surface area contributed by atoms with Crippen LogP contribution < -0.4 is 11.1 Å². The minimum atomic E-state index is -4.84. The van der Waals surface area contributed by atoms with Crippen LogP contribution in [0.3, 0.4) is 0 Å². The molecular formula is C21H14F4N6O4S. The molecule has 0 aliphatic heterocycles. The number of benzene rings is 1. The fourth-order valence-electron chi connectivity index (χ4n) is 3.38. The number of nitrogens with one attached hydrogen (secondary N) is 1. The molecule has 2 amide bonds. The van der Waals surface area contributed by atoms with Gasteiger partial charge in [-0.3, -0.25) is 24.4 Å². The third kappa shape index (κ3) is 4.59. The topological polar surface area (TPSA) is 146 Å². The molecule has 3 heterocycles. The summed E-state index contributed by atoms with van der Waals surface area (Å²) in [6.45, 7) is 1.37. The second-order valence-electron chi connectivity index (χ2n) is 7.51. The number of pyridine rings is 1. The first kappa shape index (κ1) is 24.7. The van der Waals surface area contributed by atoms with E-state index in [1.54, 1.807) is 0 Å². The molecule has 0 aliphatic carbocycles. The van der Waals surface area contributed by atoms with Crippen molar-refractivity contribution in [1.29, 1.82) is 0 Å². The highest BCUT2D eigenvalue weighted by Gasteiger charge is 2.35. The molecule has 1 atom stereocenters.